The topological polar surface area (TPSA) is 41.1 Å². The zero-order chi connectivity index (χ0) is 14.4. The van der Waals surface area contributed by atoms with Crippen molar-refractivity contribution in [1.82, 2.24) is 15.3 Å². The lowest BCUT2D eigenvalue weighted by Crippen LogP contribution is -2.19. The zero-order valence-electron chi connectivity index (χ0n) is 12.4. The van der Waals surface area contributed by atoms with Gasteiger partial charge in [0.1, 0.15) is 0 Å². The molecule has 1 N–H and O–H groups in total. The van der Waals surface area contributed by atoms with Crippen molar-refractivity contribution in [2.75, 3.05) is 18.5 Å². The summed E-state index contributed by atoms with van der Waals surface area (Å²) in [6.07, 6.45) is 3.77. The van der Waals surface area contributed by atoms with Gasteiger partial charge in [-0.1, -0.05) is 36.8 Å². The smallest absolute Gasteiger partial charge is 0.225 e. The maximum atomic E-state index is 4.42. The molecule has 0 aliphatic rings. The lowest BCUT2D eigenvalue weighted by Gasteiger charge is -2.17. The van der Waals surface area contributed by atoms with Gasteiger partial charge in [-0.2, -0.15) is 0 Å². The van der Waals surface area contributed by atoms with E-state index in [2.05, 4.69) is 58.3 Å². The van der Waals surface area contributed by atoms with Gasteiger partial charge in [-0.3, -0.25) is 0 Å². The molecular formula is C16H22N4. The second-order valence-corrected chi connectivity index (χ2v) is 5.02. The Morgan fingerprint density at radius 3 is 2.55 bits per heavy atom. The molecule has 1 aromatic heterocycles. The fourth-order valence-corrected chi connectivity index (χ4v) is 2.06. The molecule has 1 heterocycles. The summed E-state index contributed by atoms with van der Waals surface area (Å²) >= 11 is 0. The van der Waals surface area contributed by atoms with Crippen LogP contribution in [0.3, 0.4) is 0 Å². The van der Waals surface area contributed by atoms with Gasteiger partial charge in [0.2, 0.25) is 5.95 Å². The molecule has 0 atom stereocenters. The maximum absolute atomic E-state index is 4.42. The molecule has 1 aromatic carbocycles. The molecule has 0 amide bonds. The van der Waals surface area contributed by atoms with Gasteiger partial charge >= 0.3 is 0 Å². The zero-order valence-corrected chi connectivity index (χ0v) is 12.4. The van der Waals surface area contributed by atoms with Crippen LogP contribution in [0.2, 0.25) is 0 Å². The third-order valence-electron chi connectivity index (χ3n) is 3.11. The summed E-state index contributed by atoms with van der Waals surface area (Å²) in [6.45, 7) is 6.78. The monoisotopic (exact) mass is 270 g/mol. The lowest BCUT2D eigenvalue weighted by atomic mass is 10.1. The minimum Gasteiger partial charge on any atom is -0.340 e. The normalized spacial score (nSPS) is 10.6. The molecule has 0 fully saturated rings. The Bertz CT molecular complexity index is 536. The third-order valence-corrected chi connectivity index (χ3v) is 3.11. The molecule has 0 aliphatic heterocycles. The molecular weight excluding hydrogens is 248 g/mol. The highest BCUT2D eigenvalue weighted by molar-refractivity contribution is 5.32. The second kappa shape index (κ2) is 7.01. The van der Waals surface area contributed by atoms with Crippen molar-refractivity contribution in [3.05, 3.63) is 53.3 Å². The first-order valence-corrected chi connectivity index (χ1v) is 6.97. The minimum absolute atomic E-state index is 0.756. The van der Waals surface area contributed by atoms with Crippen LogP contribution in [-0.2, 0) is 13.1 Å². The van der Waals surface area contributed by atoms with Crippen molar-refractivity contribution < 1.29 is 0 Å². The number of benzene rings is 1. The van der Waals surface area contributed by atoms with Crippen LogP contribution in [0.15, 0.2) is 36.7 Å². The molecule has 4 heteroatoms. The summed E-state index contributed by atoms with van der Waals surface area (Å²) in [5.74, 6) is 0.756. The summed E-state index contributed by atoms with van der Waals surface area (Å²) in [5.41, 5.74) is 3.66. The van der Waals surface area contributed by atoms with Crippen molar-refractivity contribution in [1.29, 1.82) is 0 Å². The molecule has 2 rings (SSSR count). The van der Waals surface area contributed by atoms with E-state index < -0.39 is 0 Å². The first-order valence-electron chi connectivity index (χ1n) is 6.97. The van der Waals surface area contributed by atoms with Crippen LogP contribution >= 0.6 is 0 Å². The summed E-state index contributed by atoms with van der Waals surface area (Å²) in [5, 5.41) is 3.27. The highest BCUT2D eigenvalue weighted by atomic mass is 15.2. The van der Waals surface area contributed by atoms with E-state index in [-0.39, 0.29) is 0 Å². The molecule has 0 spiro atoms. The van der Waals surface area contributed by atoms with Crippen LogP contribution in [0.5, 0.6) is 0 Å². The second-order valence-electron chi connectivity index (χ2n) is 5.02. The van der Waals surface area contributed by atoms with Gasteiger partial charge in [0.25, 0.3) is 0 Å². The van der Waals surface area contributed by atoms with Gasteiger partial charge < -0.3 is 10.2 Å². The van der Waals surface area contributed by atoms with Crippen molar-refractivity contribution in [2.24, 2.45) is 0 Å². The number of hydrogen-bond donors (Lipinski definition) is 1. The average Bonchev–Trinajstić information content (AvgIpc) is 2.45. The van der Waals surface area contributed by atoms with E-state index in [1.165, 1.54) is 11.1 Å². The number of hydrogen-bond acceptors (Lipinski definition) is 4. The first-order chi connectivity index (χ1) is 9.69. The SMILES string of the molecule is CCNCc1cnc(N(C)Cc2cccc(C)c2)nc1. The van der Waals surface area contributed by atoms with Crippen LogP contribution < -0.4 is 10.2 Å². The summed E-state index contributed by atoms with van der Waals surface area (Å²) < 4.78 is 0. The Kier molecular flexibility index (Phi) is 5.07. The molecule has 0 unspecified atom stereocenters. The molecule has 2 aromatic rings. The summed E-state index contributed by atoms with van der Waals surface area (Å²) in [4.78, 5) is 10.9. The average molecular weight is 270 g/mol. The maximum Gasteiger partial charge on any atom is 0.225 e. The van der Waals surface area contributed by atoms with E-state index in [0.717, 1.165) is 31.1 Å². The van der Waals surface area contributed by atoms with Gasteiger partial charge in [0.05, 0.1) is 0 Å². The van der Waals surface area contributed by atoms with Crippen molar-refractivity contribution in [2.45, 2.75) is 26.9 Å². The number of rotatable bonds is 6. The molecule has 0 saturated heterocycles. The fraction of sp³-hybridized carbons (Fsp3) is 0.375. The molecule has 0 saturated carbocycles. The Balaban J connectivity index is 2.00. The Labute approximate surface area is 120 Å². The minimum atomic E-state index is 0.756. The molecule has 0 bridgehead atoms. The van der Waals surface area contributed by atoms with E-state index in [4.69, 9.17) is 0 Å². The van der Waals surface area contributed by atoms with Crippen LogP contribution in [0.1, 0.15) is 23.6 Å². The molecule has 106 valence electrons. The van der Waals surface area contributed by atoms with Gasteiger partial charge in [-0.05, 0) is 19.0 Å². The Morgan fingerprint density at radius 2 is 1.90 bits per heavy atom. The fourth-order valence-electron chi connectivity index (χ4n) is 2.06. The van der Waals surface area contributed by atoms with E-state index in [0.29, 0.717) is 0 Å². The van der Waals surface area contributed by atoms with E-state index in [9.17, 15) is 0 Å². The van der Waals surface area contributed by atoms with E-state index >= 15 is 0 Å². The standard InChI is InChI=1S/C16H22N4/c1-4-17-9-15-10-18-16(19-11-15)20(3)12-14-7-5-6-13(2)8-14/h5-8,10-11,17H,4,9,12H2,1-3H3. The van der Waals surface area contributed by atoms with Crippen molar-refractivity contribution in [3.63, 3.8) is 0 Å². The number of anilines is 1. The quantitative estimate of drug-likeness (QED) is 0.876. The highest BCUT2D eigenvalue weighted by Crippen LogP contribution is 2.11. The Hall–Kier alpha value is -1.94. The van der Waals surface area contributed by atoms with Crippen LogP contribution in [0.25, 0.3) is 0 Å². The number of aromatic nitrogens is 2. The van der Waals surface area contributed by atoms with Crippen LogP contribution in [0, 0.1) is 6.92 Å². The van der Waals surface area contributed by atoms with E-state index in [1.807, 2.05) is 19.4 Å². The van der Waals surface area contributed by atoms with Crippen LogP contribution in [0.4, 0.5) is 5.95 Å². The first kappa shape index (κ1) is 14.5. The molecule has 4 nitrogen and oxygen atoms in total. The van der Waals surface area contributed by atoms with Gasteiger partial charge in [0.15, 0.2) is 0 Å². The predicted octanol–water partition coefficient (Wildman–Crippen LogP) is 2.53. The number of aryl methyl sites for hydroxylation is 1. The summed E-state index contributed by atoms with van der Waals surface area (Å²) in [6, 6.07) is 8.51. The number of nitrogens with one attached hydrogen (secondary N) is 1. The van der Waals surface area contributed by atoms with E-state index in [1.54, 1.807) is 0 Å². The third kappa shape index (κ3) is 4.03. The predicted molar refractivity (Wildman–Crippen MR) is 82.7 cm³/mol. The molecule has 20 heavy (non-hydrogen) atoms. The Morgan fingerprint density at radius 1 is 1.15 bits per heavy atom. The largest absolute Gasteiger partial charge is 0.340 e. The highest BCUT2D eigenvalue weighted by Gasteiger charge is 2.05. The lowest BCUT2D eigenvalue weighted by molar-refractivity contribution is 0.719. The van der Waals surface area contributed by atoms with Gasteiger partial charge in [0, 0.05) is 38.1 Å². The number of nitrogens with zero attached hydrogens (tertiary/aromatic N) is 3. The molecule has 0 aliphatic carbocycles. The molecule has 0 radical (unpaired) electrons. The summed E-state index contributed by atoms with van der Waals surface area (Å²) in [7, 11) is 2.02. The van der Waals surface area contributed by atoms with Crippen molar-refractivity contribution >= 4 is 5.95 Å². The van der Waals surface area contributed by atoms with Gasteiger partial charge in [-0.15, -0.1) is 0 Å². The van der Waals surface area contributed by atoms with Crippen molar-refractivity contribution in [3.8, 4) is 0 Å². The van der Waals surface area contributed by atoms with Gasteiger partial charge in [-0.25, -0.2) is 9.97 Å². The van der Waals surface area contributed by atoms with Crippen LogP contribution in [-0.4, -0.2) is 23.6 Å².